The van der Waals surface area contributed by atoms with Crippen LogP contribution in [0.1, 0.15) is 25.0 Å². The topological polar surface area (TPSA) is 58.7 Å². The highest BCUT2D eigenvalue weighted by Crippen LogP contribution is 2.42. The van der Waals surface area contributed by atoms with Crippen molar-refractivity contribution in [2.45, 2.75) is 19.4 Å². The van der Waals surface area contributed by atoms with E-state index in [2.05, 4.69) is 0 Å². The molecule has 0 aromatic heterocycles. The van der Waals surface area contributed by atoms with Crippen LogP contribution < -0.4 is 10.6 Å². The number of amides is 1. The first-order chi connectivity index (χ1) is 11.6. The first-order valence-electron chi connectivity index (χ1n) is 7.56. The Hall–Kier alpha value is -1.75. The lowest BCUT2D eigenvalue weighted by Gasteiger charge is -2.24. The van der Waals surface area contributed by atoms with Crippen LogP contribution in [0, 0.1) is 0 Å². The van der Waals surface area contributed by atoms with Crippen LogP contribution in [0.2, 0.25) is 15.1 Å². The molecule has 7 heteroatoms. The van der Waals surface area contributed by atoms with Crippen molar-refractivity contribution in [3.05, 3.63) is 56.5 Å². The van der Waals surface area contributed by atoms with Gasteiger partial charge in [0.1, 0.15) is 5.54 Å². The van der Waals surface area contributed by atoms with Crippen LogP contribution in [-0.2, 0) is 4.79 Å². The summed E-state index contributed by atoms with van der Waals surface area (Å²) in [6.07, 6.45) is 0. The Morgan fingerprint density at radius 3 is 2.40 bits per heavy atom. The average Bonchev–Trinajstić information content (AvgIpc) is 2.63. The van der Waals surface area contributed by atoms with Crippen LogP contribution in [0.4, 0.5) is 11.4 Å². The molecule has 0 atom stereocenters. The van der Waals surface area contributed by atoms with E-state index in [-0.39, 0.29) is 21.6 Å². The van der Waals surface area contributed by atoms with Crippen molar-refractivity contribution in [2.24, 2.45) is 4.99 Å². The van der Waals surface area contributed by atoms with Gasteiger partial charge in [-0.05, 0) is 26.0 Å². The summed E-state index contributed by atoms with van der Waals surface area (Å²) in [6.45, 7) is 3.49. The lowest BCUT2D eigenvalue weighted by Crippen LogP contribution is -2.41. The van der Waals surface area contributed by atoms with Crippen LogP contribution in [0.15, 0.2) is 35.3 Å². The number of halogens is 3. The number of carbonyl (C=O) groups excluding carboxylic acids is 1. The summed E-state index contributed by atoms with van der Waals surface area (Å²) < 4.78 is 0. The third kappa shape index (κ3) is 2.88. The molecule has 0 saturated carbocycles. The Morgan fingerprint density at radius 2 is 1.76 bits per heavy atom. The number of nitrogens with zero attached hydrogens (tertiary/aromatic N) is 2. The number of rotatable bonds is 1. The highest BCUT2D eigenvalue weighted by atomic mass is 35.5. The molecule has 2 N–H and O–H groups in total. The van der Waals surface area contributed by atoms with E-state index in [0.717, 1.165) is 0 Å². The van der Waals surface area contributed by atoms with Crippen LogP contribution in [0.25, 0.3) is 0 Å². The minimum Gasteiger partial charge on any atom is -0.396 e. The molecule has 1 amide bonds. The predicted octanol–water partition coefficient (Wildman–Crippen LogP) is 4.82. The zero-order valence-corrected chi connectivity index (χ0v) is 16.2. The molecule has 0 bridgehead atoms. The second kappa shape index (κ2) is 6.20. The molecule has 0 saturated heterocycles. The van der Waals surface area contributed by atoms with Gasteiger partial charge in [-0.25, -0.2) is 0 Å². The standard InChI is InChI=1S/C18H16Cl3N3O/c1-18(2)17(25)24(3)12-8-11(20)15(22)14(21)13(12)16(23-18)9-6-4-5-7-10(9)19/h4-8H,22H2,1-3H3. The molecule has 1 heterocycles. The molecule has 2 aromatic carbocycles. The number of fused-ring (bicyclic) bond motifs is 1. The number of nitrogens with two attached hydrogens (primary N) is 1. The van der Waals surface area contributed by atoms with Gasteiger partial charge in [0.25, 0.3) is 5.91 Å². The molecule has 0 spiro atoms. The lowest BCUT2D eigenvalue weighted by molar-refractivity contribution is -0.122. The zero-order valence-electron chi connectivity index (χ0n) is 13.9. The molecule has 0 aliphatic carbocycles. The minimum atomic E-state index is -1.01. The van der Waals surface area contributed by atoms with E-state index in [4.69, 9.17) is 45.5 Å². The van der Waals surface area contributed by atoms with Gasteiger partial charge >= 0.3 is 0 Å². The number of likely N-dealkylation sites (N-methyl/N-ethyl adjacent to an activating group) is 1. The van der Waals surface area contributed by atoms with Gasteiger partial charge in [0, 0.05) is 23.2 Å². The van der Waals surface area contributed by atoms with E-state index < -0.39 is 5.54 Å². The number of nitrogen functional groups attached to an aromatic ring is 1. The molecule has 0 unspecified atom stereocenters. The van der Waals surface area contributed by atoms with Crippen LogP contribution in [0.5, 0.6) is 0 Å². The number of anilines is 2. The quantitative estimate of drug-likeness (QED) is 0.702. The van der Waals surface area contributed by atoms with Crippen molar-refractivity contribution >= 4 is 57.8 Å². The van der Waals surface area contributed by atoms with E-state index >= 15 is 0 Å². The third-order valence-electron chi connectivity index (χ3n) is 4.18. The Labute approximate surface area is 161 Å². The molecular formula is C18H16Cl3N3O. The summed E-state index contributed by atoms with van der Waals surface area (Å²) in [5.41, 5.74) is 7.52. The minimum absolute atomic E-state index is 0.187. The van der Waals surface area contributed by atoms with Gasteiger partial charge < -0.3 is 10.6 Å². The van der Waals surface area contributed by atoms with Crippen molar-refractivity contribution < 1.29 is 4.79 Å². The smallest absolute Gasteiger partial charge is 0.254 e. The summed E-state index contributed by atoms with van der Waals surface area (Å²) in [6, 6.07) is 8.89. The lowest BCUT2D eigenvalue weighted by atomic mass is 9.99. The number of hydrogen-bond acceptors (Lipinski definition) is 3. The van der Waals surface area contributed by atoms with Crippen molar-refractivity contribution in [3.8, 4) is 0 Å². The predicted molar refractivity (Wildman–Crippen MR) is 105 cm³/mol. The summed E-state index contributed by atoms with van der Waals surface area (Å²) in [4.78, 5) is 19.1. The van der Waals surface area contributed by atoms with Gasteiger partial charge in [0.2, 0.25) is 0 Å². The zero-order chi connectivity index (χ0) is 18.5. The van der Waals surface area contributed by atoms with Gasteiger partial charge in [-0.2, -0.15) is 0 Å². The van der Waals surface area contributed by atoms with Gasteiger partial charge in [-0.1, -0.05) is 53.0 Å². The summed E-state index contributed by atoms with van der Waals surface area (Å²) in [5.74, 6) is -0.187. The average molecular weight is 397 g/mol. The Kier molecular flexibility index (Phi) is 4.48. The van der Waals surface area contributed by atoms with E-state index in [1.165, 1.54) is 4.90 Å². The highest BCUT2D eigenvalue weighted by Gasteiger charge is 2.38. The van der Waals surface area contributed by atoms with E-state index in [1.54, 1.807) is 33.0 Å². The Bertz CT molecular complexity index is 922. The first kappa shape index (κ1) is 18.1. The van der Waals surface area contributed by atoms with Gasteiger partial charge in [0.15, 0.2) is 0 Å². The van der Waals surface area contributed by atoms with Crippen LogP contribution in [0.3, 0.4) is 0 Å². The molecule has 3 rings (SSSR count). The maximum absolute atomic E-state index is 12.9. The number of carbonyl (C=O) groups is 1. The second-order valence-electron chi connectivity index (χ2n) is 6.34. The number of benzene rings is 2. The molecule has 1 aliphatic heterocycles. The first-order valence-corrected chi connectivity index (χ1v) is 8.69. The molecule has 4 nitrogen and oxygen atoms in total. The van der Waals surface area contributed by atoms with Crippen LogP contribution in [-0.4, -0.2) is 24.2 Å². The molecule has 1 aliphatic rings. The van der Waals surface area contributed by atoms with Crippen LogP contribution >= 0.6 is 34.8 Å². The highest BCUT2D eigenvalue weighted by molar-refractivity contribution is 6.44. The SMILES string of the molecule is CN1C(=O)C(C)(C)N=C(c2ccccc2Cl)c2c1cc(Cl)c(N)c2Cl. The van der Waals surface area contributed by atoms with E-state index in [0.29, 0.717) is 27.5 Å². The van der Waals surface area contributed by atoms with Gasteiger partial charge in [-0.15, -0.1) is 0 Å². The number of hydrogen-bond donors (Lipinski definition) is 1. The van der Waals surface area contributed by atoms with Crippen molar-refractivity contribution in [3.63, 3.8) is 0 Å². The maximum Gasteiger partial charge on any atom is 0.254 e. The van der Waals surface area contributed by atoms with Crippen molar-refractivity contribution in [1.29, 1.82) is 0 Å². The van der Waals surface area contributed by atoms with Crippen molar-refractivity contribution in [2.75, 3.05) is 17.7 Å². The molecular weight excluding hydrogens is 381 g/mol. The second-order valence-corrected chi connectivity index (χ2v) is 7.54. The number of aliphatic imine (C=N–C) groups is 1. The molecule has 130 valence electrons. The molecule has 0 radical (unpaired) electrons. The Morgan fingerprint density at radius 1 is 1.12 bits per heavy atom. The fourth-order valence-corrected chi connectivity index (χ4v) is 3.62. The largest absolute Gasteiger partial charge is 0.396 e. The van der Waals surface area contributed by atoms with E-state index in [9.17, 15) is 4.79 Å². The molecule has 25 heavy (non-hydrogen) atoms. The van der Waals surface area contributed by atoms with Gasteiger partial charge in [-0.3, -0.25) is 9.79 Å². The normalized spacial score (nSPS) is 16.3. The summed E-state index contributed by atoms with van der Waals surface area (Å²) in [7, 11) is 1.66. The van der Waals surface area contributed by atoms with Crippen molar-refractivity contribution in [1.82, 2.24) is 0 Å². The fourth-order valence-electron chi connectivity index (χ4n) is 2.86. The fraction of sp³-hybridized carbons (Fsp3) is 0.222. The summed E-state index contributed by atoms with van der Waals surface area (Å²) >= 11 is 19.1. The Balaban J connectivity index is 2.45. The third-order valence-corrected chi connectivity index (χ3v) is 5.21. The van der Waals surface area contributed by atoms with E-state index in [1.807, 2.05) is 18.2 Å². The summed E-state index contributed by atoms with van der Waals surface area (Å²) in [5, 5.41) is 1.03. The van der Waals surface area contributed by atoms with Gasteiger partial charge in [0.05, 0.1) is 27.1 Å². The monoisotopic (exact) mass is 395 g/mol. The number of benzodiazepines with no additional fused rings is 1. The molecule has 0 fully saturated rings. The maximum atomic E-state index is 12.9. The molecule has 2 aromatic rings.